The molecular formula is C26H29N3O3. The number of nitrogens with zero attached hydrogens (tertiary/aromatic N) is 1. The molecule has 0 aliphatic heterocycles. The Morgan fingerprint density at radius 3 is 2.22 bits per heavy atom. The van der Waals surface area contributed by atoms with E-state index in [-0.39, 0.29) is 5.91 Å². The van der Waals surface area contributed by atoms with Crippen LogP contribution in [0.15, 0.2) is 54.6 Å². The molecule has 2 aromatic carbocycles. The Morgan fingerprint density at radius 2 is 1.56 bits per heavy atom. The second-order valence-electron chi connectivity index (χ2n) is 8.72. The second kappa shape index (κ2) is 9.81. The van der Waals surface area contributed by atoms with Crippen molar-refractivity contribution in [3.8, 4) is 11.3 Å². The number of amides is 2. The van der Waals surface area contributed by atoms with Crippen molar-refractivity contribution in [2.45, 2.75) is 32.6 Å². The number of carboxylic acid groups (broad SMARTS) is 1. The van der Waals surface area contributed by atoms with Gasteiger partial charge in [-0.3, -0.25) is 4.79 Å². The van der Waals surface area contributed by atoms with Crippen molar-refractivity contribution in [1.82, 2.24) is 15.6 Å². The zero-order chi connectivity index (χ0) is 22.5. The Morgan fingerprint density at radius 1 is 0.938 bits per heavy atom. The highest BCUT2D eigenvalue weighted by Gasteiger charge is 2.22. The van der Waals surface area contributed by atoms with Crippen LogP contribution in [-0.2, 0) is 0 Å². The lowest BCUT2D eigenvalue weighted by atomic mass is 9.82. The normalized spacial score (nSPS) is 18.3. The van der Waals surface area contributed by atoms with Crippen molar-refractivity contribution in [2.24, 2.45) is 11.8 Å². The van der Waals surface area contributed by atoms with E-state index in [0.717, 1.165) is 47.8 Å². The average molecular weight is 432 g/mol. The summed E-state index contributed by atoms with van der Waals surface area (Å²) in [7, 11) is 0. The number of carbonyl (C=O) groups is 2. The molecule has 2 amide bonds. The van der Waals surface area contributed by atoms with Crippen molar-refractivity contribution in [3.05, 3.63) is 65.7 Å². The van der Waals surface area contributed by atoms with E-state index in [1.165, 1.54) is 5.56 Å². The number of benzene rings is 2. The van der Waals surface area contributed by atoms with Gasteiger partial charge >= 0.3 is 6.09 Å². The number of hydrogen-bond donors (Lipinski definition) is 3. The number of carbonyl (C=O) groups excluding carboxylic acids is 1. The summed E-state index contributed by atoms with van der Waals surface area (Å²) in [5.74, 6) is 0.732. The lowest BCUT2D eigenvalue weighted by molar-refractivity contribution is 0.0942. The highest BCUT2D eigenvalue weighted by atomic mass is 16.4. The van der Waals surface area contributed by atoms with E-state index < -0.39 is 6.09 Å². The molecule has 0 bridgehead atoms. The number of nitrogens with one attached hydrogen (secondary N) is 2. The third-order valence-electron chi connectivity index (χ3n) is 6.37. The maximum absolute atomic E-state index is 13.2. The Kier molecular flexibility index (Phi) is 6.69. The smallest absolute Gasteiger partial charge is 0.404 e. The van der Waals surface area contributed by atoms with Gasteiger partial charge in [-0.1, -0.05) is 48.0 Å². The van der Waals surface area contributed by atoms with Crippen LogP contribution in [0.3, 0.4) is 0 Å². The SMILES string of the molecule is Cc1ccc(-c2cc(C(=O)NCC3CCC(CNC(=O)O)CC3)c3ccccc3n2)cc1. The van der Waals surface area contributed by atoms with E-state index in [9.17, 15) is 9.59 Å². The Hall–Kier alpha value is -3.41. The minimum Gasteiger partial charge on any atom is -0.465 e. The zero-order valence-corrected chi connectivity index (χ0v) is 18.3. The van der Waals surface area contributed by atoms with Crippen LogP contribution in [0.4, 0.5) is 4.79 Å². The van der Waals surface area contributed by atoms with Crippen LogP contribution in [0.25, 0.3) is 22.2 Å². The molecule has 6 heteroatoms. The van der Waals surface area contributed by atoms with Crippen LogP contribution >= 0.6 is 0 Å². The maximum Gasteiger partial charge on any atom is 0.404 e. The van der Waals surface area contributed by atoms with Crippen molar-refractivity contribution in [1.29, 1.82) is 0 Å². The first-order chi connectivity index (χ1) is 15.5. The Balaban J connectivity index is 1.45. The number of pyridine rings is 1. The van der Waals surface area contributed by atoms with E-state index in [4.69, 9.17) is 10.1 Å². The average Bonchev–Trinajstić information content (AvgIpc) is 2.81. The van der Waals surface area contributed by atoms with Crippen molar-refractivity contribution >= 4 is 22.9 Å². The maximum atomic E-state index is 13.2. The van der Waals surface area contributed by atoms with Gasteiger partial charge in [0.15, 0.2) is 0 Å². The molecule has 0 unspecified atom stereocenters. The molecule has 1 aliphatic carbocycles. The molecule has 1 saturated carbocycles. The van der Waals surface area contributed by atoms with Crippen molar-refractivity contribution in [3.63, 3.8) is 0 Å². The van der Waals surface area contributed by atoms with Gasteiger partial charge in [-0.05, 0) is 56.6 Å². The molecule has 1 fully saturated rings. The van der Waals surface area contributed by atoms with E-state index in [0.29, 0.717) is 30.5 Å². The van der Waals surface area contributed by atoms with Gasteiger partial charge in [0, 0.05) is 24.0 Å². The van der Waals surface area contributed by atoms with Crippen LogP contribution in [-0.4, -0.2) is 35.2 Å². The third kappa shape index (κ3) is 5.25. The topological polar surface area (TPSA) is 91.3 Å². The molecule has 166 valence electrons. The summed E-state index contributed by atoms with van der Waals surface area (Å²) < 4.78 is 0. The molecule has 0 spiro atoms. The summed E-state index contributed by atoms with van der Waals surface area (Å²) in [6.45, 7) is 3.19. The summed E-state index contributed by atoms with van der Waals surface area (Å²) in [6, 6.07) is 17.8. The van der Waals surface area contributed by atoms with Crippen LogP contribution in [0.1, 0.15) is 41.6 Å². The summed E-state index contributed by atoms with van der Waals surface area (Å²) in [6.07, 6.45) is 3.00. The largest absolute Gasteiger partial charge is 0.465 e. The number of rotatable bonds is 6. The summed E-state index contributed by atoms with van der Waals surface area (Å²) in [5.41, 5.74) is 4.41. The Labute approximate surface area is 188 Å². The van der Waals surface area contributed by atoms with Gasteiger partial charge in [0.05, 0.1) is 16.8 Å². The van der Waals surface area contributed by atoms with Gasteiger partial charge in [-0.25, -0.2) is 9.78 Å². The minimum absolute atomic E-state index is 0.0772. The van der Waals surface area contributed by atoms with Crippen LogP contribution in [0, 0.1) is 18.8 Å². The number of para-hydroxylation sites is 1. The van der Waals surface area contributed by atoms with E-state index in [2.05, 4.69) is 10.6 Å². The molecule has 32 heavy (non-hydrogen) atoms. The predicted molar refractivity (Wildman–Crippen MR) is 126 cm³/mol. The van der Waals surface area contributed by atoms with Gasteiger partial charge < -0.3 is 15.7 Å². The fraction of sp³-hybridized carbons (Fsp3) is 0.346. The fourth-order valence-electron chi connectivity index (χ4n) is 4.44. The van der Waals surface area contributed by atoms with Crippen LogP contribution < -0.4 is 10.6 Å². The molecular weight excluding hydrogens is 402 g/mol. The predicted octanol–water partition coefficient (Wildman–Crippen LogP) is 5.01. The molecule has 1 heterocycles. The first-order valence-electron chi connectivity index (χ1n) is 11.2. The first kappa shape index (κ1) is 21.8. The second-order valence-corrected chi connectivity index (χ2v) is 8.72. The van der Waals surface area contributed by atoms with Crippen LogP contribution in [0.5, 0.6) is 0 Å². The molecule has 0 radical (unpaired) electrons. The van der Waals surface area contributed by atoms with E-state index >= 15 is 0 Å². The van der Waals surface area contributed by atoms with Gasteiger partial charge in [0.1, 0.15) is 0 Å². The fourth-order valence-corrected chi connectivity index (χ4v) is 4.44. The third-order valence-corrected chi connectivity index (χ3v) is 6.37. The summed E-state index contributed by atoms with van der Waals surface area (Å²) >= 11 is 0. The van der Waals surface area contributed by atoms with Crippen molar-refractivity contribution < 1.29 is 14.7 Å². The quantitative estimate of drug-likeness (QED) is 0.511. The number of aromatic nitrogens is 1. The summed E-state index contributed by atoms with van der Waals surface area (Å²) in [4.78, 5) is 28.6. The van der Waals surface area contributed by atoms with Gasteiger partial charge in [-0.15, -0.1) is 0 Å². The van der Waals surface area contributed by atoms with Gasteiger partial charge in [0.2, 0.25) is 0 Å². The molecule has 0 atom stereocenters. The van der Waals surface area contributed by atoms with Gasteiger partial charge in [0.25, 0.3) is 5.91 Å². The minimum atomic E-state index is -0.964. The lowest BCUT2D eigenvalue weighted by Gasteiger charge is -2.28. The molecule has 1 aliphatic rings. The summed E-state index contributed by atoms with van der Waals surface area (Å²) in [5, 5.41) is 15.2. The van der Waals surface area contributed by atoms with Crippen LogP contribution in [0.2, 0.25) is 0 Å². The van der Waals surface area contributed by atoms with E-state index in [1.807, 2.05) is 61.5 Å². The van der Waals surface area contributed by atoms with E-state index in [1.54, 1.807) is 0 Å². The standard InChI is InChI=1S/C26H29N3O3/c1-17-6-12-20(13-7-17)24-14-22(21-4-2-3-5-23(21)29-24)25(30)27-15-18-8-10-19(11-9-18)16-28-26(31)32/h2-7,12-14,18-19,28H,8-11,15-16H2,1H3,(H,27,30)(H,31,32). The zero-order valence-electron chi connectivity index (χ0n) is 18.3. The van der Waals surface area contributed by atoms with Gasteiger partial charge in [-0.2, -0.15) is 0 Å². The molecule has 3 N–H and O–H groups in total. The lowest BCUT2D eigenvalue weighted by Crippen LogP contribution is -2.34. The molecule has 4 rings (SSSR count). The molecule has 3 aromatic rings. The molecule has 1 aromatic heterocycles. The van der Waals surface area contributed by atoms with Crippen molar-refractivity contribution in [2.75, 3.05) is 13.1 Å². The first-order valence-corrected chi connectivity index (χ1v) is 11.2. The highest BCUT2D eigenvalue weighted by Crippen LogP contribution is 2.29. The molecule has 0 saturated heterocycles. The highest BCUT2D eigenvalue weighted by molar-refractivity contribution is 6.07. The monoisotopic (exact) mass is 431 g/mol. The number of hydrogen-bond acceptors (Lipinski definition) is 3. The number of aryl methyl sites for hydroxylation is 1. The molecule has 6 nitrogen and oxygen atoms in total. The Bertz CT molecular complexity index is 1100. The number of fused-ring (bicyclic) bond motifs is 1.